The van der Waals surface area contributed by atoms with Gasteiger partial charge in [-0.1, -0.05) is 66.5 Å². The molecule has 0 spiro atoms. The van der Waals surface area contributed by atoms with Crippen molar-refractivity contribution in [2.75, 3.05) is 0 Å². The quantitative estimate of drug-likeness (QED) is 0.622. The molecule has 0 saturated carbocycles. The molecule has 4 heteroatoms. The number of hydrogen-bond acceptors (Lipinski definition) is 3. The normalized spacial score (nSPS) is 18.3. The highest BCUT2D eigenvalue weighted by molar-refractivity contribution is 8.26. The third kappa shape index (κ3) is 3.33. The molecule has 0 atom stereocenters. The van der Waals surface area contributed by atoms with Crippen LogP contribution in [0.2, 0.25) is 0 Å². The van der Waals surface area contributed by atoms with Crippen LogP contribution < -0.4 is 0 Å². The van der Waals surface area contributed by atoms with Crippen LogP contribution in [0.1, 0.15) is 19.4 Å². The molecule has 1 heterocycles. The maximum Gasteiger partial charge on any atom is 0.266 e. The number of amides is 1. The topological polar surface area (TPSA) is 20.3 Å². The zero-order valence-electron chi connectivity index (χ0n) is 10.9. The van der Waals surface area contributed by atoms with Crippen molar-refractivity contribution in [1.29, 1.82) is 0 Å². The number of carbonyl (C=O) groups is 1. The summed E-state index contributed by atoms with van der Waals surface area (Å²) in [6.07, 6.45) is 5.69. The van der Waals surface area contributed by atoms with Crippen LogP contribution in [0.5, 0.6) is 0 Å². The van der Waals surface area contributed by atoms with Gasteiger partial charge >= 0.3 is 0 Å². The van der Waals surface area contributed by atoms with E-state index in [2.05, 4.69) is 0 Å². The maximum atomic E-state index is 12.1. The van der Waals surface area contributed by atoms with Gasteiger partial charge in [-0.05, 0) is 25.5 Å². The van der Waals surface area contributed by atoms with Crippen LogP contribution in [0.4, 0.5) is 0 Å². The second-order valence-corrected chi connectivity index (χ2v) is 6.11. The van der Waals surface area contributed by atoms with Gasteiger partial charge in [0.1, 0.15) is 4.32 Å². The molecule has 1 aliphatic rings. The van der Waals surface area contributed by atoms with Gasteiger partial charge in [0.05, 0.1) is 4.91 Å². The van der Waals surface area contributed by atoms with Gasteiger partial charge in [-0.25, -0.2) is 0 Å². The molecular weight excluding hydrogens is 274 g/mol. The van der Waals surface area contributed by atoms with Crippen LogP contribution in [0.3, 0.4) is 0 Å². The lowest BCUT2D eigenvalue weighted by Crippen LogP contribution is -2.34. The van der Waals surface area contributed by atoms with Crippen molar-refractivity contribution in [3.63, 3.8) is 0 Å². The molecule has 1 fully saturated rings. The van der Waals surface area contributed by atoms with Crippen LogP contribution in [-0.4, -0.2) is 21.2 Å². The Bertz CT molecular complexity index is 547. The molecule has 0 bridgehead atoms. The molecule has 0 aliphatic carbocycles. The fraction of sp³-hybridized carbons (Fsp3) is 0.200. The van der Waals surface area contributed by atoms with E-state index in [1.807, 2.05) is 62.4 Å². The third-order valence-electron chi connectivity index (χ3n) is 2.68. The largest absolute Gasteiger partial charge is 0.290 e. The summed E-state index contributed by atoms with van der Waals surface area (Å²) >= 11 is 6.58. The fourth-order valence-corrected chi connectivity index (χ4v) is 3.23. The van der Waals surface area contributed by atoms with E-state index in [4.69, 9.17) is 12.2 Å². The first-order chi connectivity index (χ1) is 9.09. The first-order valence-corrected chi connectivity index (χ1v) is 7.31. The van der Waals surface area contributed by atoms with Gasteiger partial charge in [0.2, 0.25) is 0 Å². The molecule has 1 aromatic rings. The summed E-state index contributed by atoms with van der Waals surface area (Å²) in [5.74, 6) is 0.00251. The van der Waals surface area contributed by atoms with Gasteiger partial charge in [-0.2, -0.15) is 0 Å². The molecule has 0 unspecified atom stereocenters. The second-order valence-electron chi connectivity index (χ2n) is 4.44. The van der Waals surface area contributed by atoms with Crippen LogP contribution >= 0.6 is 24.0 Å². The van der Waals surface area contributed by atoms with Crippen molar-refractivity contribution in [3.05, 3.63) is 53.0 Å². The summed E-state index contributed by atoms with van der Waals surface area (Å²) in [4.78, 5) is 14.5. The predicted molar refractivity (Wildman–Crippen MR) is 85.7 cm³/mol. The van der Waals surface area contributed by atoms with E-state index in [1.165, 1.54) is 11.8 Å². The lowest BCUT2D eigenvalue weighted by atomic mass is 10.2. The predicted octanol–water partition coefficient (Wildman–Crippen LogP) is 3.85. The number of allylic oxidation sites excluding steroid dienone is 2. The molecule has 98 valence electrons. The summed E-state index contributed by atoms with van der Waals surface area (Å²) < 4.78 is 0.638. The van der Waals surface area contributed by atoms with E-state index >= 15 is 0 Å². The second kappa shape index (κ2) is 6.17. The van der Waals surface area contributed by atoms with Crippen molar-refractivity contribution < 1.29 is 4.79 Å². The van der Waals surface area contributed by atoms with Crippen LogP contribution in [-0.2, 0) is 4.79 Å². The number of carbonyl (C=O) groups excluding carboxylic acids is 1. The van der Waals surface area contributed by atoms with E-state index in [0.717, 1.165) is 5.56 Å². The number of thiocarbonyl (C=S) groups is 1. The SMILES string of the molecule is CC(C)N1C(=O)C(=CC=Cc2ccccc2)SC1=S. The Kier molecular flexibility index (Phi) is 4.56. The minimum atomic E-state index is 0.00251. The van der Waals surface area contributed by atoms with Gasteiger partial charge in [0.15, 0.2) is 0 Å². The minimum absolute atomic E-state index is 0.00251. The number of benzene rings is 1. The Morgan fingerprint density at radius 2 is 1.95 bits per heavy atom. The van der Waals surface area contributed by atoms with Gasteiger partial charge < -0.3 is 0 Å². The monoisotopic (exact) mass is 289 g/mol. The molecule has 2 nitrogen and oxygen atoms in total. The standard InChI is InChI=1S/C15H15NOS2/c1-11(2)16-14(17)13(19-15(16)18)10-6-9-12-7-4-3-5-8-12/h3-11H,1-2H3. The molecule has 2 rings (SSSR count). The third-order valence-corrected chi connectivity index (χ3v) is 4.02. The van der Waals surface area contributed by atoms with Crippen LogP contribution in [0.15, 0.2) is 47.4 Å². The summed E-state index contributed by atoms with van der Waals surface area (Å²) in [6.45, 7) is 3.93. The molecule has 1 aliphatic heterocycles. The maximum absolute atomic E-state index is 12.1. The zero-order chi connectivity index (χ0) is 13.8. The average molecular weight is 289 g/mol. The van der Waals surface area contributed by atoms with E-state index in [9.17, 15) is 4.79 Å². The minimum Gasteiger partial charge on any atom is -0.290 e. The molecule has 0 N–H and O–H groups in total. The highest BCUT2D eigenvalue weighted by atomic mass is 32.2. The Morgan fingerprint density at radius 3 is 2.53 bits per heavy atom. The Balaban J connectivity index is 2.11. The molecule has 0 radical (unpaired) electrons. The van der Waals surface area contributed by atoms with Crippen LogP contribution in [0.25, 0.3) is 6.08 Å². The van der Waals surface area contributed by atoms with Gasteiger partial charge in [-0.15, -0.1) is 0 Å². The van der Waals surface area contributed by atoms with E-state index < -0.39 is 0 Å². The van der Waals surface area contributed by atoms with E-state index in [1.54, 1.807) is 4.90 Å². The molecule has 1 saturated heterocycles. The Morgan fingerprint density at radius 1 is 1.26 bits per heavy atom. The van der Waals surface area contributed by atoms with Crippen molar-refractivity contribution in [2.24, 2.45) is 0 Å². The Labute approximate surface area is 123 Å². The Hall–Kier alpha value is -1.39. The number of nitrogens with zero attached hydrogens (tertiary/aromatic N) is 1. The van der Waals surface area contributed by atoms with E-state index in [-0.39, 0.29) is 11.9 Å². The smallest absolute Gasteiger partial charge is 0.266 e. The van der Waals surface area contributed by atoms with Crippen LogP contribution in [0, 0.1) is 0 Å². The first-order valence-electron chi connectivity index (χ1n) is 6.08. The molecule has 1 amide bonds. The molecule has 0 aromatic heterocycles. The molecular formula is C15H15NOS2. The number of rotatable bonds is 3. The van der Waals surface area contributed by atoms with Gasteiger partial charge in [0.25, 0.3) is 5.91 Å². The lowest BCUT2D eigenvalue weighted by molar-refractivity contribution is -0.123. The number of hydrogen-bond donors (Lipinski definition) is 0. The highest BCUT2D eigenvalue weighted by Crippen LogP contribution is 2.32. The lowest BCUT2D eigenvalue weighted by Gasteiger charge is -2.18. The zero-order valence-corrected chi connectivity index (χ0v) is 12.5. The fourth-order valence-electron chi connectivity index (χ4n) is 1.75. The first kappa shape index (κ1) is 14.0. The number of thioether (sulfide) groups is 1. The van der Waals surface area contributed by atoms with Crippen molar-refractivity contribution in [2.45, 2.75) is 19.9 Å². The summed E-state index contributed by atoms with van der Waals surface area (Å²) in [5.41, 5.74) is 1.11. The van der Waals surface area contributed by atoms with Crippen molar-refractivity contribution in [3.8, 4) is 0 Å². The average Bonchev–Trinajstić information content (AvgIpc) is 2.66. The van der Waals surface area contributed by atoms with Gasteiger partial charge in [-0.3, -0.25) is 9.69 Å². The summed E-state index contributed by atoms with van der Waals surface area (Å²) in [7, 11) is 0. The molecule has 1 aromatic carbocycles. The summed E-state index contributed by atoms with van der Waals surface area (Å²) in [6, 6.07) is 10.1. The summed E-state index contributed by atoms with van der Waals surface area (Å²) in [5, 5.41) is 0. The van der Waals surface area contributed by atoms with Crippen molar-refractivity contribution in [1.82, 2.24) is 4.90 Å². The van der Waals surface area contributed by atoms with E-state index in [0.29, 0.717) is 9.23 Å². The van der Waals surface area contributed by atoms with Crippen molar-refractivity contribution >= 4 is 40.3 Å². The molecule has 19 heavy (non-hydrogen) atoms. The van der Waals surface area contributed by atoms with Gasteiger partial charge in [0, 0.05) is 6.04 Å². The highest BCUT2D eigenvalue weighted by Gasteiger charge is 2.33.